The number of anilines is 1. The fourth-order valence-corrected chi connectivity index (χ4v) is 4.82. The van der Waals surface area contributed by atoms with Crippen LogP contribution in [0.15, 0.2) is 84.9 Å². The molecule has 1 aliphatic rings. The minimum absolute atomic E-state index is 0.0325. The van der Waals surface area contributed by atoms with Gasteiger partial charge in [0.15, 0.2) is 5.11 Å². The number of nitrogens with one attached hydrogen (secondary N) is 1. The highest BCUT2D eigenvalue weighted by Crippen LogP contribution is 2.23. The van der Waals surface area contributed by atoms with Crippen molar-refractivity contribution in [3.05, 3.63) is 102 Å². The van der Waals surface area contributed by atoms with Gasteiger partial charge in [-0.1, -0.05) is 60.7 Å². The van der Waals surface area contributed by atoms with E-state index in [0.29, 0.717) is 42.3 Å². The van der Waals surface area contributed by atoms with Gasteiger partial charge < -0.3 is 15.0 Å². The largest absolute Gasteiger partial charge is 0.462 e. The van der Waals surface area contributed by atoms with E-state index in [-0.39, 0.29) is 24.8 Å². The van der Waals surface area contributed by atoms with Crippen LogP contribution >= 0.6 is 12.2 Å². The summed E-state index contributed by atoms with van der Waals surface area (Å²) >= 11 is 5.75. The van der Waals surface area contributed by atoms with Crippen LogP contribution in [-0.2, 0) is 27.2 Å². The predicted molar refractivity (Wildman–Crippen MR) is 151 cm³/mol. The Labute approximate surface area is 228 Å². The van der Waals surface area contributed by atoms with E-state index in [1.807, 2.05) is 65.6 Å². The van der Waals surface area contributed by atoms with Crippen molar-refractivity contribution in [2.24, 2.45) is 0 Å². The van der Waals surface area contributed by atoms with Crippen LogP contribution in [0.25, 0.3) is 0 Å². The number of nitrogens with zero attached hydrogens (tertiary/aromatic N) is 2. The lowest BCUT2D eigenvalue weighted by Gasteiger charge is -2.24. The summed E-state index contributed by atoms with van der Waals surface area (Å²) in [6, 6.07) is 25.7. The number of benzene rings is 3. The van der Waals surface area contributed by atoms with Gasteiger partial charge in [-0.05, 0) is 67.4 Å². The highest BCUT2D eigenvalue weighted by Gasteiger charge is 2.42. The lowest BCUT2D eigenvalue weighted by atomic mass is 10.1. The smallest absolute Gasteiger partial charge is 0.338 e. The molecule has 2 amide bonds. The lowest BCUT2D eigenvalue weighted by Crippen LogP contribution is -2.39. The molecular formula is C30H31N3O4S. The molecule has 1 N–H and O–H groups in total. The first-order chi connectivity index (χ1) is 18.5. The molecule has 3 aromatic carbocycles. The van der Waals surface area contributed by atoms with E-state index in [1.165, 1.54) is 0 Å². The molecule has 1 atom stereocenters. The molecule has 0 aromatic heterocycles. The van der Waals surface area contributed by atoms with Crippen LogP contribution in [0.2, 0.25) is 0 Å². The Morgan fingerprint density at radius 3 is 2.03 bits per heavy atom. The summed E-state index contributed by atoms with van der Waals surface area (Å²) in [5, 5.41) is 3.29. The first-order valence-electron chi connectivity index (χ1n) is 12.7. The molecule has 1 aliphatic heterocycles. The Morgan fingerprint density at radius 2 is 1.45 bits per heavy atom. The van der Waals surface area contributed by atoms with Gasteiger partial charge in [-0.15, -0.1) is 0 Å². The van der Waals surface area contributed by atoms with Crippen LogP contribution in [0, 0.1) is 0 Å². The zero-order valence-corrected chi connectivity index (χ0v) is 22.2. The monoisotopic (exact) mass is 529 g/mol. The van der Waals surface area contributed by atoms with E-state index in [1.54, 1.807) is 36.1 Å². The number of carbonyl (C=O) groups excluding carboxylic acids is 3. The highest BCUT2D eigenvalue weighted by molar-refractivity contribution is 7.80. The van der Waals surface area contributed by atoms with Gasteiger partial charge in [0.25, 0.3) is 5.91 Å². The fourth-order valence-electron chi connectivity index (χ4n) is 4.42. The van der Waals surface area contributed by atoms with E-state index in [9.17, 15) is 14.4 Å². The highest BCUT2D eigenvalue weighted by atomic mass is 32.1. The molecule has 3 aromatic rings. The van der Waals surface area contributed by atoms with Crippen LogP contribution in [0.4, 0.5) is 5.69 Å². The van der Waals surface area contributed by atoms with Crippen LogP contribution < -0.4 is 5.32 Å². The lowest BCUT2D eigenvalue weighted by molar-refractivity contribution is -0.130. The number of rotatable bonds is 11. The van der Waals surface area contributed by atoms with Gasteiger partial charge in [-0.3, -0.25) is 14.5 Å². The van der Waals surface area contributed by atoms with Crippen molar-refractivity contribution in [2.75, 3.05) is 25.0 Å². The van der Waals surface area contributed by atoms with Crippen molar-refractivity contribution in [1.82, 2.24) is 9.80 Å². The van der Waals surface area contributed by atoms with Crippen molar-refractivity contribution in [1.29, 1.82) is 0 Å². The number of ether oxygens (including phenoxy) is 1. The molecule has 1 saturated heterocycles. The van der Waals surface area contributed by atoms with Gasteiger partial charge in [0.2, 0.25) is 5.91 Å². The van der Waals surface area contributed by atoms with Crippen molar-refractivity contribution < 1.29 is 19.1 Å². The summed E-state index contributed by atoms with van der Waals surface area (Å²) in [5.41, 5.74) is 3.19. The maximum absolute atomic E-state index is 13.5. The van der Waals surface area contributed by atoms with Crippen LogP contribution in [0.3, 0.4) is 0 Å². The Hall–Kier alpha value is -4.04. The van der Waals surface area contributed by atoms with Gasteiger partial charge >= 0.3 is 5.97 Å². The van der Waals surface area contributed by atoms with E-state index < -0.39 is 12.0 Å². The average Bonchev–Trinajstić information content (AvgIpc) is 3.15. The number of thiocarbonyl (C=S) groups is 1. The third-order valence-corrected chi connectivity index (χ3v) is 6.87. The summed E-state index contributed by atoms with van der Waals surface area (Å²) < 4.78 is 5.00. The molecule has 196 valence electrons. The van der Waals surface area contributed by atoms with Crippen molar-refractivity contribution in [2.45, 2.75) is 32.2 Å². The Balaban J connectivity index is 1.44. The maximum Gasteiger partial charge on any atom is 0.338 e. The van der Waals surface area contributed by atoms with E-state index in [4.69, 9.17) is 17.0 Å². The van der Waals surface area contributed by atoms with Gasteiger partial charge in [0, 0.05) is 18.8 Å². The Morgan fingerprint density at radius 1 is 0.868 bits per heavy atom. The Kier molecular flexibility index (Phi) is 9.21. The summed E-state index contributed by atoms with van der Waals surface area (Å²) in [7, 11) is 0. The third kappa shape index (κ3) is 6.83. The van der Waals surface area contributed by atoms with Gasteiger partial charge in [-0.2, -0.15) is 0 Å². The minimum Gasteiger partial charge on any atom is -0.462 e. The zero-order chi connectivity index (χ0) is 26.9. The second kappa shape index (κ2) is 13.0. The molecule has 0 aliphatic carbocycles. The molecule has 38 heavy (non-hydrogen) atoms. The fraction of sp³-hybridized carbons (Fsp3) is 0.267. The number of hydrogen-bond acceptors (Lipinski definition) is 5. The number of hydrogen-bond donors (Lipinski definition) is 1. The molecule has 0 radical (unpaired) electrons. The number of amides is 2. The third-order valence-electron chi connectivity index (χ3n) is 6.41. The van der Waals surface area contributed by atoms with Crippen LogP contribution in [0.1, 0.15) is 34.8 Å². The summed E-state index contributed by atoms with van der Waals surface area (Å²) in [5.74, 6) is -0.878. The minimum atomic E-state index is -0.680. The Bertz CT molecular complexity index is 1270. The average molecular weight is 530 g/mol. The second-order valence-corrected chi connectivity index (χ2v) is 9.37. The van der Waals surface area contributed by atoms with Gasteiger partial charge in [-0.25, -0.2) is 4.79 Å². The molecule has 7 nitrogen and oxygen atoms in total. The van der Waals surface area contributed by atoms with Crippen molar-refractivity contribution in [3.63, 3.8) is 0 Å². The summed E-state index contributed by atoms with van der Waals surface area (Å²) in [6.07, 6.45) is 1.34. The molecule has 4 rings (SSSR count). The molecule has 1 heterocycles. The molecule has 8 heteroatoms. The van der Waals surface area contributed by atoms with E-state index in [0.717, 1.165) is 11.1 Å². The molecule has 0 bridgehead atoms. The first kappa shape index (κ1) is 27.0. The predicted octanol–water partition coefficient (Wildman–Crippen LogP) is 4.48. The molecular weight excluding hydrogens is 498 g/mol. The van der Waals surface area contributed by atoms with Crippen molar-refractivity contribution in [3.8, 4) is 0 Å². The maximum atomic E-state index is 13.5. The second-order valence-electron chi connectivity index (χ2n) is 9.00. The molecule has 1 fully saturated rings. The first-order valence-corrected chi connectivity index (χ1v) is 13.1. The normalized spacial score (nSPS) is 15.0. The van der Waals surface area contributed by atoms with Crippen LogP contribution in [-0.4, -0.2) is 58.4 Å². The number of esters is 1. The quantitative estimate of drug-likeness (QED) is 0.292. The zero-order valence-electron chi connectivity index (χ0n) is 21.3. The van der Waals surface area contributed by atoms with E-state index >= 15 is 0 Å². The molecule has 0 spiro atoms. The summed E-state index contributed by atoms with van der Waals surface area (Å²) in [6.45, 7) is 3.02. The molecule has 1 unspecified atom stereocenters. The number of carbonyl (C=O) groups is 3. The van der Waals surface area contributed by atoms with Crippen molar-refractivity contribution >= 4 is 40.8 Å². The standard InChI is InChI=1S/C30H31N3O4S/c1-2-37-29(36)24-13-15-25(16-14-24)31-27(34)21-26-28(35)33(20-18-23-11-7-4-8-12-23)30(38)32(26)19-17-22-9-5-3-6-10-22/h3-16,26H,2,17-21H2,1H3,(H,31,34). The molecule has 0 saturated carbocycles. The van der Waals surface area contributed by atoms with Gasteiger partial charge in [0.1, 0.15) is 6.04 Å². The summed E-state index contributed by atoms with van der Waals surface area (Å²) in [4.78, 5) is 41.9. The topological polar surface area (TPSA) is 78.9 Å². The van der Waals surface area contributed by atoms with E-state index in [2.05, 4.69) is 5.32 Å². The van der Waals surface area contributed by atoms with Gasteiger partial charge in [0.05, 0.1) is 18.6 Å². The SMILES string of the molecule is CCOC(=O)c1ccc(NC(=O)CC2C(=O)N(CCc3ccccc3)C(=S)N2CCc2ccccc2)cc1. The van der Waals surface area contributed by atoms with Crippen LogP contribution in [0.5, 0.6) is 0 Å².